The van der Waals surface area contributed by atoms with E-state index in [0.717, 1.165) is 27.0 Å². The van der Waals surface area contributed by atoms with E-state index in [0.29, 0.717) is 0 Å². The van der Waals surface area contributed by atoms with E-state index in [1.54, 1.807) is 0 Å². The Morgan fingerprint density at radius 1 is 0.714 bits per heavy atom. The summed E-state index contributed by atoms with van der Waals surface area (Å²) < 4.78 is 6.04. The number of rotatable bonds is 1. The maximum atomic E-state index is 6.53. The molecule has 0 atom stereocenters. The minimum Gasteiger partial charge on any atom is -0.456 e. The molecule has 6 rings (SSSR count). The molecule has 2 heteroatoms. The Kier molecular flexibility index (Phi) is 3.14. The molecule has 0 spiro atoms. The number of halogens is 1. The van der Waals surface area contributed by atoms with Crippen LogP contribution >= 0.6 is 11.6 Å². The molecule has 0 amide bonds. The van der Waals surface area contributed by atoms with Crippen LogP contribution in [0.5, 0.6) is 0 Å². The first-order valence-corrected chi connectivity index (χ1v) is 9.86. The van der Waals surface area contributed by atoms with E-state index in [1.165, 1.54) is 27.8 Å². The van der Waals surface area contributed by atoms with Crippen molar-refractivity contribution in [3.05, 3.63) is 107 Å². The summed E-state index contributed by atoms with van der Waals surface area (Å²) >= 11 is 6.53. The molecular weight excluding hydrogens is 364 g/mol. The van der Waals surface area contributed by atoms with Crippen LogP contribution in [0.1, 0.15) is 23.6 Å². The summed E-state index contributed by atoms with van der Waals surface area (Å²) in [6.45, 7) is 2.32. The van der Waals surface area contributed by atoms with Gasteiger partial charge in [-0.2, -0.15) is 0 Å². The largest absolute Gasteiger partial charge is 0.456 e. The first-order valence-electron chi connectivity index (χ1n) is 9.48. The summed E-state index contributed by atoms with van der Waals surface area (Å²) in [5.74, 6) is 0. The van der Waals surface area contributed by atoms with Crippen molar-refractivity contribution < 1.29 is 4.42 Å². The molecular formula is C26H17ClO. The topological polar surface area (TPSA) is 13.1 Å². The number of benzene rings is 4. The van der Waals surface area contributed by atoms with Crippen molar-refractivity contribution in [2.45, 2.75) is 12.3 Å². The second kappa shape index (κ2) is 5.50. The van der Waals surface area contributed by atoms with Crippen molar-refractivity contribution in [1.29, 1.82) is 0 Å². The number of furan rings is 1. The lowest BCUT2D eigenvalue weighted by atomic mass is 9.74. The third-order valence-electron chi connectivity index (χ3n) is 6.24. The number of fused-ring (bicyclic) bond motifs is 6. The van der Waals surface area contributed by atoms with Crippen molar-refractivity contribution in [3.63, 3.8) is 0 Å². The Morgan fingerprint density at radius 2 is 1.39 bits per heavy atom. The van der Waals surface area contributed by atoms with Crippen LogP contribution in [0, 0.1) is 0 Å². The van der Waals surface area contributed by atoms with E-state index in [4.69, 9.17) is 16.0 Å². The van der Waals surface area contributed by atoms with Gasteiger partial charge in [0, 0.05) is 16.2 Å². The molecule has 0 saturated heterocycles. The van der Waals surface area contributed by atoms with Gasteiger partial charge in [0.15, 0.2) is 0 Å². The fraction of sp³-hybridized carbons (Fsp3) is 0.0769. The van der Waals surface area contributed by atoms with E-state index in [1.807, 2.05) is 18.2 Å². The van der Waals surface area contributed by atoms with Crippen LogP contribution in [-0.4, -0.2) is 0 Å². The van der Waals surface area contributed by atoms with Crippen molar-refractivity contribution in [1.82, 2.24) is 0 Å². The van der Waals surface area contributed by atoms with E-state index >= 15 is 0 Å². The Labute approximate surface area is 168 Å². The first-order chi connectivity index (χ1) is 13.7. The normalized spacial score (nSPS) is 14.4. The van der Waals surface area contributed by atoms with Crippen molar-refractivity contribution in [3.8, 4) is 11.1 Å². The molecule has 1 aliphatic carbocycles. The maximum Gasteiger partial charge on any atom is 0.136 e. The molecule has 4 aromatic carbocycles. The van der Waals surface area contributed by atoms with Crippen LogP contribution in [0.4, 0.5) is 0 Å². The molecule has 0 N–H and O–H groups in total. The smallest absolute Gasteiger partial charge is 0.136 e. The van der Waals surface area contributed by atoms with Crippen molar-refractivity contribution in [2.75, 3.05) is 0 Å². The predicted molar refractivity (Wildman–Crippen MR) is 116 cm³/mol. The summed E-state index contributed by atoms with van der Waals surface area (Å²) in [6.07, 6.45) is 0. The third-order valence-corrected chi connectivity index (χ3v) is 6.56. The first kappa shape index (κ1) is 16.0. The van der Waals surface area contributed by atoms with Gasteiger partial charge in [0.25, 0.3) is 0 Å². The quantitative estimate of drug-likeness (QED) is 0.292. The molecule has 0 aliphatic heterocycles. The van der Waals surface area contributed by atoms with Crippen LogP contribution in [0.2, 0.25) is 5.02 Å². The lowest BCUT2D eigenvalue weighted by Crippen LogP contribution is -2.22. The Morgan fingerprint density at radius 3 is 2.11 bits per heavy atom. The summed E-state index contributed by atoms with van der Waals surface area (Å²) in [5.41, 5.74) is 8.05. The molecule has 5 aromatic rings. The Bertz CT molecular complexity index is 1350. The average molecular weight is 381 g/mol. The van der Waals surface area contributed by atoms with Gasteiger partial charge >= 0.3 is 0 Å². The fourth-order valence-electron chi connectivity index (χ4n) is 4.86. The van der Waals surface area contributed by atoms with Gasteiger partial charge < -0.3 is 4.42 Å². The molecule has 1 aromatic heterocycles. The second-order valence-electron chi connectivity index (χ2n) is 7.64. The van der Waals surface area contributed by atoms with Crippen LogP contribution in [0.3, 0.4) is 0 Å². The Hall–Kier alpha value is -3.03. The lowest BCUT2D eigenvalue weighted by molar-refractivity contribution is 0.667. The molecule has 1 heterocycles. The van der Waals surface area contributed by atoms with Crippen LogP contribution in [0.15, 0.2) is 89.3 Å². The highest BCUT2D eigenvalue weighted by molar-refractivity contribution is 6.37. The van der Waals surface area contributed by atoms with Crippen molar-refractivity contribution >= 4 is 33.5 Å². The maximum absolute atomic E-state index is 6.53. The zero-order valence-electron chi connectivity index (χ0n) is 15.4. The van der Waals surface area contributed by atoms with Gasteiger partial charge in [-0.25, -0.2) is 0 Å². The zero-order valence-corrected chi connectivity index (χ0v) is 16.1. The van der Waals surface area contributed by atoms with E-state index < -0.39 is 0 Å². The highest BCUT2D eigenvalue weighted by Crippen LogP contribution is 2.52. The predicted octanol–water partition coefficient (Wildman–Crippen LogP) is 7.57. The van der Waals surface area contributed by atoms with E-state index in [-0.39, 0.29) is 5.41 Å². The Balaban J connectivity index is 1.70. The van der Waals surface area contributed by atoms with Gasteiger partial charge in [-0.05, 0) is 59.0 Å². The molecule has 0 bridgehead atoms. The summed E-state index contributed by atoms with van der Waals surface area (Å²) in [4.78, 5) is 0. The fourth-order valence-corrected chi connectivity index (χ4v) is 5.13. The lowest BCUT2D eigenvalue weighted by Gasteiger charge is -2.28. The van der Waals surface area contributed by atoms with Crippen LogP contribution < -0.4 is 0 Å². The second-order valence-corrected chi connectivity index (χ2v) is 8.05. The van der Waals surface area contributed by atoms with Crippen LogP contribution in [0.25, 0.3) is 33.1 Å². The molecule has 0 unspecified atom stereocenters. The number of hydrogen-bond acceptors (Lipinski definition) is 1. The molecule has 0 fully saturated rings. The van der Waals surface area contributed by atoms with E-state index in [2.05, 4.69) is 73.7 Å². The molecule has 1 aliphatic rings. The summed E-state index contributed by atoms with van der Waals surface area (Å²) in [6, 6.07) is 29.8. The van der Waals surface area contributed by atoms with Gasteiger partial charge in [0.1, 0.15) is 11.2 Å². The SMILES string of the molecule is CC1(c2ccc3oc4cccc(Cl)c4c3c2)c2ccccc2-c2ccccc21. The molecule has 134 valence electrons. The molecule has 0 radical (unpaired) electrons. The van der Waals surface area contributed by atoms with Gasteiger partial charge in [-0.3, -0.25) is 0 Å². The van der Waals surface area contributed by atoms with Crippen molar-refractivity contribution in [2.24, 2.45) is 0 Å². The highest BCUT2D eigenvalue weighted by atomic mass is 35.5. The van der Waals surface area contributed by atoms with Gasteiger partial charge in [0.2, 0.25) is 0 Å². The van der Waals surface area contributed by atoms with Crippen LogP contribution in [-0.2, 0) is 5.41 Å². The van der Waals surface area contributed by atoms with E-state index in [9.17, 15) is 0 Å². The highest BCUT2D eigenvalue weighted by Gasteiger charge is 2.40. The molecule has 28 heavy (non-hydrogen) atoms. The summed E-state index contributed by atoms with van der Waals surface area (Å²) in [7, 11) is 0. The molecule has 0 saturated carbocycles. The third kappa shape index (κ3) is 1.92. The monoisotopic (exact) mass is 380 g/mol. The minimum atomic E-state index is -0.216. The zero-order chi connectivity index (χ0) is 18.9. The van der Waals surface area contributed by atoms with Gasteiger partial charge in [-0.1, -0.05) is 72.3 Å². The van der Waals surface area contributed by atoms with Gasteiger partial charge in [0.05, 0.1) is 5.02 Å². The van der Waals surface area contributed by atoms with Gasteiger partial charge in [-0.15, -0.1) is 0 Å². The standard InChI is InChI=1S/C26H17ClO/c1-26(20-9-4-2-7-17(20)18-8-3-5-10-21(18)26)16-13-14-23-19(15-16)25-22(27)11-6-12-24(25)28-23/h2-15H,1H3. The average Bonchev–Trinajstić information content (AvgIpc) is 3.23. The minimum absolute atomic E-state index is 0.216. The molecule has 1 nitrogen and oxygen atoms in total. The number of hydrogen-bond donors (Lipinski definition) is 0. The summed E-state index contributed by atoms with van der Waals surface area (Å²) in [5, 5.41) is 2.79.